The van der Waals surface area contributed by atoms with E-state index in [9.17, 15) is 9.90 Å². The van der Waals surface area contributed by atoms with E-state index in [2.05, 4.69) is 15.3 Å². The lowest BCUT2D eigenvalue weighted by molar-refractivity contribution is -0.127. The second kappa shape index (κ2) is 8.96. The fraction of sp³-hybridized carbons (Fsp3) is 0.208. The molecule has 0 spiro atoms. The Morgan fingerprint density at radius 3 is 2.47 bits per heavy atom. The van der Waals surface area contributed by atoms with E-state index >= 15 is 0 Å². The van der Waals surface area contributed by atoms with Gasteiger partial charge in [0.2, 0.25) is 11.6 Å². The standard InChI is InChI=1S/C24H20N4O4/c1-14(13-25)12-19(29)21(30)17-8-10-18(11-9-17)23-26-24(32-28-23)22-15(2)20(27-31-22)16-6-4-3-5-7-16/h3-11,14,21,30H,12H2,1-2H3/t14-,21?/m1/s1. The molecular formula is C24H20N4O4. The lowest BCUT2D eigenvalue weighted by Gasteiger charge is -2.11. The number of aliphatic hydroxyl groups excluding tert-OH is 1. The molecule has 0 aliphatic carbocycles. The van der Waals surface area contributed by atoms with Crippen molar-refractivity contribution in [3.8, 4) is 40.4 Å². The van der Waals surface area contributed by atoms with Crippen molar-refractivity contribution in [3.63, 3.8) is 0 Å². The first-order valence-electron chi connectivity index (χ1n) is 10.0. The first-order chi connectivity index (χ1) is 15.5. The van der Waals surface area contributed by atoms with Gasteiger partial charge in [-0.2, -0.15) is 10.2 Å². The Morgan fingerprint density at radius 1 is 1.06 bits per heavy atom. The summed E-state index contributed by atoms with van der Waals surface area (Å²) in [6, 6.07) is 18.3. The van der Waals surface area contributed by atoms with Crippen molar-refractivity contribution in [2.45, 2.75) is 26.4 Å². The summed E-state index contributed by atoms with van der Waals surface area (Å²) in [4.78, 5) is 16.5. The van der Waals surface area contributed by atoms with Crippen LogP contribution in [0.2, 0.25) is 0 Å². The van der Waals surface area contributed by atoms with Crippen LogP contribution in [0.3, 0.4) is 0 Å². The lowest BCUT2D eigenvalue weighted by atomic mass is 9.97. The number of carbonyl (C=O) groups is 1. The van der Waals surface area contributed by atoms with Crippen LogP contribution in [-0.2, 0) is 4.79 Å². The van der Waals surface area contributed by atoms with Gasteiger partial charge in [-0.15, -0.1) is 0 Å². The van der Waals surface area contributed by atoms with Crippen LogP contribution in [0.1, 0.15) is 30.6 Å². The summed E-state index contributed by atoms with van der Waals surface area (Å²) >= 11 is 0. The van der Waals surface area contributed by atoms with Gasteiger partial charge in [-0.05, 0) is 19.4 Å². The van der Waals surface area contributed by atoms with Crippen LogP contribution >= 0.6 is 0 Å². The fourth-order valence-corrected chi connectivity index (χ4v) is 3.29. The van der Waals surface area contributed by atoms with Crippen molar-refractivity contribution in [2.24, 2.45) is 5.92 Å². The van der Waals surface area contributed by atoms with E-state index in [0.717, 1.165) is 11.1 Å². The summed E-state index contributed by atoms with van der Waals surface area (Å²) in [5, 5.41) is 27.2. The van der Waals surface area contributed by atoms with Crippen LogP contribution < -0.4 is 0 Å². The smallest absolute Gasteiger partial charge is 0.297 e. The maximum Gasteiger partial charge on any atom is 0.297 e. The van der Waals surface area contributed by atoms with Crippen LogP contribution in [0.5, 0.6) is 0 Å². The molecule has 2 aromatic heterocycles. The van der Waals surface area contributed by atoms with E-state index in [4.69, 9.17) is 14.3 Å². The van der Waals surface area contributed by atoms with Crippen molar-refractivity contribution >= 4 is 5.78 Å². The van der Waals surface area contributed by atoms with Crippen molar-refractivity contribution in [1.82, 2.24) is 15.3 Å². The van der Waals surface area contributed by atoms with E-state index in [1.165, 1.54) is 0 Å². The van der Waals surface area contributed by atoms with Gasteiger partial charge < -0.3 is 14.2 Å². The van der Waals surface area contributed by atoms with Crippen LogP contribution in [-0.4, -0.2) is 26.2 Å². The Morgan fingerprint density at radius 2 is 1.78 bits per heavy atom. The summed E-state index contributed by atoms with van der Waals surface area (Å²) in [6.07, 6.45) is -1.29. The molecule has 2 atom stereocenters. The van der Waals surface area contributed by atoms with Gasteiger partial charge in [0.25, 0.3) is 5.89 Å². The summed E-state index contributed by atoms with van der Waals surface area (Å²) in [5.74, 6) is 0.0890. The number of Topliss-reactive ketones (excluding diaryl/α,β-unsaturated/α-hetero) is 1. The third-order valence-electron chi connectivity index (χ3n) is 5.11. The Hall–Kier alpha value is -4.09. The van der Waals surface area contributed by atoms with E-state index < -0.39 is 17.8 Å². The number of rotatable bonds is 7. The predicted octanol–water partition coefficient (Wildman–Crippen LogP) is 4.52. The first-order valence-corrected chi connectivity index (χ1v) is 10.0. The minimum atomic E-state index is -1.28. The number of hydrogen-bond donors (Lipinski definition) is 1. The van der Waals surface area contributed by atoms with E-state index in [0.29, 0.717) is 28.4 Å². The fourth-order valence-electron chi connectivity index (χ4n) is 3.29. The lowest BCUT2D eigenvalue weighted by Crippen LogP contribution is -2.14. The van der Waals surface area contributed by atoms with Gasteiger partial charge in [-0.25, -0.2) is 0 Å². The Labute approximate surface area is 184 Å². The third-order valence-corrected chi connectivity index (χ3v) is 5.11. The van der Waals surface area contributed by atoms with E-state index in [-0.39, 0.29) is 12.3 Å². The third kappa shape index (κ3) is 4.19. The molecule has 2 aromatic carbocycles. The van der Waals surface area contributed by atoms with Crippen LogP contribution in [0.15, 0.2) is 63.6 Å². The van der Waals surface area contributed by atoms with Crippen molar-refractivity contribution in [3.05, 3.63) is 65.7 Å². The van der Waals surface area contributed by atoms with Crippen molar-refractivity contribution in [2.75, 3.05) is 0 Å². The van der Waals surface area contributed by atoms with Crippen molar-refractivity contribution < 1.29 is 18.9 Å². The summed E-state index contributed by atoms with van der Waals surface area (Å²) in [6.45, 7) is 3.51. The molecule has 0 aliphatic heterocycles. The number of aromatic nitrogens is 3. The maximum atomic E-state index is 12.1. The quantitative estimate of drug-likeness (QED) is 0.455. The minimum absolute atomic E-state index is 0.00484. The summed E-state index contributed by atoms with van der Waals surface area (Å²) in [5.41, 5.74) is 3.50. The van der Waals surface area contributed by atoms with Gasteiger partial charge in [-0.3, -0.25) is 4.79 Å². The van der Waals surface area contributed by atoms with E-state index in [1.807, 2.05) is 43.3 Å². The normalized spacial score (nSPS) is 12.8. The van der Waals surface area contributed by atoms with Gasteiger partial charge in [0.15, 0.2) is 5.78 Å². The molecule has 4 rings (SSSR count). The first kappa shape index (κ1) is 21.2. The van der Waals surface area contributed by atoms with Crippen LogP contribution in [0, 0.1) is 24.2 Å². The molecule has 1 N–H and O–H groups in total. The molecule has 0 bridgehead atoms. The number of ketones is 1. The molecule has 0 radical (unpaired) electrons. The zero-order valence-corrected chi connectivity index (χ0v) is 17.5. The van der Waals surface area contributed by atoms with Crippen LogP contribution in [0.25, 0.3) is 34.3 Å². The van der Waals surface area contributed by atoms with Crippen molar-refractivity contribution in [1.29, 1.82) is 5.26 Å². The SMILES string of the molecule is Cc1c(-c2ccccc2)noc1-c1nc(-c2ccc(C(O)C(=O)C[C@@H](C)C#N)cc2)no1. The molecule has 4 aromatic rings. The molecule has 0 aliphatic rings. The molecule has 0 fully saturated rings. The molecule has 8 heteroatoms. The zero-order chi connectivity index (χ0) is 22.7. The Bertz CT molecular complexity index is 1270. The number of aliphatic hydroxyl groups is 1. The highest BCUT2D eigenvalue weighted by Crippen LogP contribution is 2.31. The number of carbonyl (C=O) groups excluding carboxylic acids is 1. The molecule has 0 saturated carbocycles. The average molecular weight is 428 g/mol. The van der Waals surface area contributed by atoms with Gasteiger partial charge in [0, 0.05) is 23.1 Å². The highest BCUT2D eigenvalue weighted by Gasteiger charge is 2.22. The van der Waals surface area contributed by atoms with Gasteiger partial charge in [0.1, 0.15) is 11.8 Å². The highest BCUT2D eigenvalue weighted by molar-refractivity contribution is 5.84. The molecule has 32 heavy (non-hydrogen) atoms. The maximum absolute atomic E-state index is 12.1. The molecule has 0 amide bonds. The van der Waals surface area contributed by atoms with Gasteiger partial charge in [-0.1, -0.05) is 64.9 Å². The number of benzene rings is 2. The predicted molar refractivity (Wildman–Crippen MR) is 115 cm³/mol. The van der Waals surface area contributed by atoms with Crippen LogP contribution in [0.4, 0.5) is 0 Å². The Balaban J connectivity index is 1.53. The zero-order valence-electron chi connectivity index (χ0n) is 17.5. The molecular weight excluding hydrogens is 408 g/mol. The minimum Gasteiger partial charge on any atom is -0.381 e. The Kier molecular flexibility index (Phi) is 5.92. The number of nitriles is 1. The molecule has 160 valence electrons. The summed E-state index contributed by atoms with van der Waals surface area (Å²) in [7, 11) is 0. The number of hydrogen-bond acceptors (Lipinski definition) is 8. The molecule has 8 nitrogen and oxygen atoms in total. The largest absolute Gasteiger partial charge is 0.381 e. The second-order valence-electron chi connectivity index (χ2n) is 7.50. The van der Waals surface area contributed by atoms with E-state index in [1.54, 1.807) is 31.2 Å². The molecule has 0 saturated heterocycles. The second-order valence-corrected chi connectivity index (χ2v) is 7.50. The summed E-state index contributed by atoms with van der Waals surface area (Å²) < 4.78 is 10.8. The molecule has 1 unspecified atom stereocenters. The topological polar surface area (TPSA) is 126 Å². The van der Waals surface area contributed by atoms with Gasteiger partial charge in [0.05, 0.1) is 12.0 Å². The average Bonchev–Trinajstić information content (AvgIpc) is 3.46. The number of nitrogens with zero attached hydrogens (tertiary/aromatic N) is 4. The monoisotopic (exact) mass is 428 g/mol. The highest BCUT2D eigenvalue weighted by atomic mass is 16.5. The van der Waals surface area contributed by atoms with Gasteiger partial charge >= 0.3 is 0 Å². The molecule has 2 heterocycles.